The van der Waals surface area contributed by atoms with Crippen LogP contribution in [0.1, 0.15) is 27.8 Å². The van der Waals surface area contributed by atoms with E-state index in [1.54, 1.807) is 0 Å². The van der Waals surface area contributed by atoms with E-state index < -0.39 is 0 Å². The van der Waals surface area contributed by atoms with E-state index in [0.29, 0.717) is 5.56 Å². The van der Waals surface area contributed by atoms with Crippen molar-refractivity contribution < 1.29 is 0 Å². The van der Waals surface area contributed by atoms with Crippen molar-refractivity contribution in [3.8, 4) is 67.6 Å². The van der Waals surface area contributed by atoms with E-state index in [1.807, 2.05) is 6.07 Å². The van der Waals surface area contributed by atoms with Gasteiger partial charge in [-0.25, -0.2) is 0 Å². The van der Waals surface area contributed by atoms with Crippen LogP contribution in [0.2, 0.25) is 0 Å². The lowest BCUT2D eigenvalue weighted by Crippen LogP contribution is -2.61. The third kappa shape index (κ3) is 8.53. The van der Waals surface area contributed by atoms with Crippen molar-refractivity contribution in [1.29, 1.82) is 5.26 Å². The molecular formula is C90H61BN6. The fourth-order valence-corrected chi connectivity index (χ4v) is 16.7. The molecule has 0 unspecified atom stereocenters. The van der Waals surface area contributed by atoms with Gasteiger partial charge in [0, 0.05) is 84.8 Å². The SMILES string of the molecule is Cc1ccc2c(c1)B1c3cc(C)ccc3N(c3ccc(-c4ccccc4)cc3)c3cc(-c4ccc5c(c4)c4ccccc4n5-c4ccc(-c5cc(N6CC6)ccc5-n5c6ccccc6c6ccccc65)cc4-c4cc(C#N)ccc4-n4c5ccccc5c5ccccc54)cc(c31)C2. The molecule has 0 saturated carbocycles. The number of anilines is 4. The second-order valence-corrected chi connectivity index (χ2v) is 26.8. The molecule has 6 nitrogen and oxygen atoms in total. The molecule has 1 fully saturated rings. The number of aromatic nitrogens is 3. The van der Waals surface area contributed by atoms with Gasteiger partial charge in [0.2, 0.25) is 6.71 Å². The van der Waals surface area contributed by atoms with Crippen molar-refractivity contribution in [3.05, 3.63) is 325 Å². The maximum atomic E-state index is 11.0. The highest BCUT2D eigenvalue weighted by atomic mass is 15.3. The maximum absolute atomic E-state index is 11.0. The summed E-state index contributed by atoms with van der Waals surface area (Å²) in [6.45, 7) is 6.60. The highest BCUT2D eigenvalue weighted by Gasteiger charge is 2.41. The fourth-order valence-electron chi connectivity index (χ4n) is 16.7. The summed E-state index contributed by atoms with van der Waals surface area (Å²) in [7, 11) is 0. The number of benzene rings is 14. The Bertz CT molecular complexity index is 6130. The van der Waals surface area contributed by atoms with E-state index in [9.17, 15) is 5.26 Å². The first-order chi connectivity index (χ1) is 47.9. The number of fused-ring (bicyclic) bond motifs is 13. The predicted octanol–water partition coefficient (Wildman–Crippen LogP) is 20.2. The van der Waals surface area contributed by atoms with Crippen molar-refractivity contribution in [2.24, 2.45) is 0 Å². The Morgan fingerprint density at radius 1 is 0.320 bits per heavy atom. The quantitative estimate of drug-likeness (QED) is 0.107. The summed E-state index contributed by atoms with van der Waals surface area (Å²) in [6, 6.07) is 113. The van der Waals surface area contributed by atoms with E-state index in [2.05, 4.69) is 335 Å². The van der Waals surface area contributed by atoms with Crippen LogP contribution in [-0.4, -0.2) is 33.5 Å². The molecule has 0 N–H and O–H groups in total. The zero-order valence-electron chi connectivity index (χ0n) is 53.7. The molecule has 0 radical (unpaired) electrons. The summed E-state index contributed by atoms with van der Waals surface area (Å²) in [4.78, 5) is 4.98. The molecule has 7 heteroatoms. The lowest BCUT2D eigenvalue weighted by atomic mass is 9.32. The van der Waals surface area contributed by atoms with Crippen LogP contribution >= 0.6 is 0 Å². The molecule has 0 bridgehead atoms. The minimum atomic E-state index is 0.0861. The fraction of sp³-hybridized carbons (Fsp3) is 0.0556. The highest BCUT2D eigenvalue weighted by Crippen LogP contribution is 2.48. The third-order valence-corrected chi connectivity index (χ3v) is 21.1. The van der Waals surface area contributed by atoms with Gasteiger partial charge in [0.15, 0.2) is 0 Å². The summed E-state index contributed by atoms with van der Waals surface area (Å²) in [5.74, 6) is 0. The number of hydrogen-bond donors (Lipinski definition) is 0. The van der Waals surface area contributed by atoms with Gasteiger partial charge >= 0.3 is 0 Å². The Labute approximate surface area is 562 Å². The Balaban J connectivity index is 0.822. The summed E-state index contributed by atoms with van der Waals surface area (Å²) in [6.07, 6.45) is 0.844. The van der Waals surface area contributed by atoms with Crippen LogP contribution < -0.4 is 26.2 Å². The Morgan fingerprint density at radius 2 is 0.804 bits per heavy atom. The molecule has 14 aromatic carbocycles. The van der Waals surface area contributed by atoms with Gasteiger partial charge in [-0.15, -0.1) is 0 Å². The Morgan fingerprint density at radius 3 is 1.42 bits per heavy atom. The summed E-state index contributed by atoms with van der Waals surface area (Å²) >= 11 is 0. The van der Waals surface area contributed by atoms with Crippen LogP contribution in [0.25, 0.3) is 127 Å². The van der Waals surface area contributed by atoms with Crippen LogP contribution in [-0.2, 0) is 6.42 Å². The first-order valence-corrected chi connectivity index (χ1v) is 33.8. The molecule has 20 rings (SSSR count). The molecule has 6 heterocycles. The second kappa shape index (κ2) is 21.3. The zero-order valence-corrected chi connectivity index (χ0v) is 53.7. The first-order valence-electron chi connectivity index (χ1n) is 33.8. The lowest BCUT2D eigenvalue weighted by Gasteiger charge is -2.41. The van der Waals surface area contributed by atoms with Crippen molar-refractivity contribution in [3.63, 3.8) is 0 Å². The number of aryl methyl sites for hydroxylation is 2. The van der Waals surface area contributed by atoms with Crippen molar-refractivity contribution >= 4 is 111 Å². The van der Waals surface area contributed by atoms with E-state index >= 15 is 0 Å². The third-order valence-electron chi connectivity index (χ3n) is 21.1. The number of para-hydroxylation sites is 5. The Hall–Kier alpha value is -12.4. The molecule has 0 spiro atoms. The predicted molar refractivity (Wildman–Crippen MR) is 406 cm³/mol. The molecule has 3 aromatic heterocycles. The van der Waals surface area contributed by atoms with Gasteiger partial charge in [0.1, 0.15) is 0 Å². The average molecular weight is 1240 g/mol. The van der Waals surface area contributed by atoms with Gasteiger partial charge in [0.05, 0.1) is 61.8 Å². The molecule has 1 saturated heterocycles. The molecular weight excluding hydrogens is 1180 g/mol. The van der Waals surface area contributed by atoms with Gasteiger partial charge in [-0.1, -0.05) is 199 Å². The van der Waals surface area contributed by atoms with Crippen molar-refractivity contribution in [1.82, 2.24) is 13.7 Å². The van der Waals surface area contributed by atoms with Gasteiger partial charge in [-0.2, -0.15) is 5.26 Å². The molecule has 0 amide bonds. The van der Waals surface area contributed by atoms with E-state index in [4.69, 9.17) is 0 Å². The van der Waals surface area contributed by atoms with E-state index in [1.165, 1.54) is 93.9 Å². The number of nitrogens with zero attached hydrogens (tertiary/aromatic N) is 6. The number of hydrogen-bond acceptors (Lipinski definition) is 3. The smallest absolute Gasteiger partial charge is 0.247 e. The van der Waals surface area contributed by atoms with Crippen LogP contribution in [0.4, 0.5) is 22.7 Å². The maximum Gasteiger partial charge on any atom is 0.247 e. The monoisotopic (exact) mass is 1240 g/mol. The summed E-state index contributed by atoms with van der Waals surface area (Å²) < 4.78 is 7.36. The van der Waals surface area contributed by atoms with Gasteiger partial charge < -0.3 is 23.5 Å². The minimum Gasteiger partial charge on any atom is -0.368 e. The standard InChI is InChI=1S/C90H61BN6/c1-56-28-31-63-49-65-50-64(53-89-90(65)91(77(63)46-56)78-47-57(2)29-39-88(78)94(89)66-36-32-60(33-37-66)59-16-4-3-5-17-59)61-34-41-86-75(51-61)72-22-10-15-27-83(72)97(86)87-42-35-62(73-54-67(93-44-45-93)38-43-84(73)95-79-23-11-6-18-68(79)69-19-7-12-24-80(69)95)52-76(87)74-48-58(55-92)30-40-85(74)96-81-25-13-8-20-70(81)71-21-9-14-26-82(71)96/h3-43,46-48,50-54H,44-45,49H2,1-2H3. The van der Waals surface area contributed by atoms with E-state index in [0.717, 1.165) is 114 Å². The molecule has 0 atom stereocenters. The van der Waals surface area contributed by atoms with Crippen molar-refractivity contribution in [2.75, 3.05) is 22.9 Å². The van der Waals surface area contributed by atoms with E-state index in [-0.39, 0.29) is 6.71 Å². The number of nitriles is 1. The van der Waals surface area contributed by atoms with Gasteiger partial charge in [0.25, 0.3) is 0 Å². The molecule has 17 aromatic rings. The average Bonchev–Trinajstić information content (AvgIpc) is 1.39. The first kappa shape index (κ1) is 55.1. The number of rotatable bonds is 9. The van der Waals surface area contributed by atoms with Crippen LogP contribution in [0, 0.1) is 25.2 Å². The molecule has 454 valence electrons. The lowest BCUT2D eigenvalue weighted by molar-refractivity contribution is 1.16. The van der Waals surface area contributed by atoms with Gasteiger partial charge in [-0.3, -0.25) is 0 Å². The second-order valence-electron chi connectivity index (χ2n) is 26.8. The minimum absolute atomic E-state index is 0.0861. The summed E-state index contributed by atoms with van der Waals surface area (Å²) in [5.41, 5.74) is 33.5. The van der Waals surface area contributed by atoms with Crippen LogP contribution in [0.5, 0.6) is 0 Å². The molecule has 3 aliphatic rings. The Kier molecular flexibility index (Phi) is 12.1. The summed E-state index contributed by atoms with van der Waals surface area (Å²) in [5, 5.41) is 18.2. The molecule has 0 aliphatic carbocycles. The van der Waals surface area contributed by atoms with Crippen LogP contribution in [0.3, 0.4) is 0 Å². The highest BCUT2D eigenvalue weighted by molar-refractivity contribution is 6.99. The zero-order chi connectivity index (χ0) is 64.1. The largest absolute Gasteiger partial charge is 0.368 e. The topological polar surface area (TPSA) is 44.8 Å². The molecule has 97 heavy (non-hydrogen) atoms. The normalized spacial score (nSPS) is 13.1. The van der Waals surface area contributed by atoms with Crippen LogP contribution in [0.15, 0.2) is 297 Å². The van der Waals surface area contributed by atoms with Crippen molar-refractivity contribution in [2.45, 2.75) is 20.3 Å². The van der Waals surface area contributed by atoms with Gasteiger partial charge in [-0.05, 0) is 185 Å². The molecule has 3 aliphatic heterocycles.